The minimum Gasteiger partial charge on any atom is -0.289 e. The molecule has 0 aromatic heterocycles. The summed E-state index contributed by atoms with van der Waals surface area (Å²) in [7, 11) is 3.72. The molecule has 3 aromatic rings. The van der Waals surface area contributed by atoms with E-state index in [9.17, 15) is 4.79 Å². The van der Waals surface area contributed by atoms with Crippen LogP contribution in [0.25, 0.3) is 0 Å². The van der Waals surface area contributed by atoms with E-state index in [4.69, 9.17) is 0 Å². The van der Waals surface area contributed by atoms with Gasteiger partial charge in [0.2, 0.25) is 0 Å². The maximum Gasteiger partial charge on any atom is 0.193 e. The molecule has 0 saturated heterocycles. The molecule has 0 radical (unpaired) electrons. The fraction of sp³-hybridized carbons (Fsp3) is 0.136. The summed E-state index contributed by atoms with van der Waals surface area (Å²) in [5, 5.41) is 0. The summed E-state index contributed by atoms with van der Waals surface area (Å²) in [6.07, 6.45) is 0. The molecule has 3 rings (SSSR count). The molecule has 0 amide bonds. The third kappa shape index (κ3) is 5.00. The van der Waals surface area contributed by atoms with Crippen molar-refractivity contribution >= 4 is 27.4 Å². The van der Waals surface area contributed by atoms with E-state index in [0.29, 0.717) is 0 Å². The van der Waals surface area contributed by atoms with Crippen molar-refractivity contribution in [3.05, 3.63) is 107 Å². The number of rotatable bonds is 7. The normalized spacial score (nSPS) is 10.6. The Hall–Kier alpha value is -1.97. The molecular formula is C22H20OS2. The van der Waals surface area contributed by atoms with Crippen molar-refractivity contribution in [3.8, 4) is 0 Å². The standard InChI is InChI=1S/C22H20OS2/c1-17-7-5-6-10-21(17)16-25-24-15-18-11-13-20(14-12-18)22(23)19-8-3-2-4-9-19/h2-14H,15-16H2,1H3. The topological polar surface area (TPSA) is 17.1 Å². The van der Waals surface area contributed by atoms with Crippen molar-refractivity contribution in [2.75, 3.05) is 0 Å². The molecule has 0 saturated carbocycles. The maximum absolute atomic E-state index is 12.4. The first-order valence-electron chi connectivity index (χ1n) is 8.21. The number of hydrogen-bond donors (Lipinski definition) is 0. The van der Waals surface area contributed by atoms with Gasteiger partial charge in [0.25, 0.3) is 0 Å². The molecular weight excluding hydrogens is 344 g/mol. The van der Waals surface area contributed by atoms with E-state index in [1.807, 2.05) is 64.1 Å². The van der Waals surface area contributed by atoms with Crippen LogP contribution in [0.15, 0.2) is 78.9 Å². The Morgan fingerprint density at radius 2 is 1.32 bits per heavy atom. The van der Waals surface area contributed by atoms with Crippen LogP contribution in [0.5, 0.6) is 0 Å². The van der Waals surface area contributed by atoms with Gasteiger partial charge in [-0.3, -0.25) is 4.79 Å². The third-order valence-corrected chi connectivity index (χ3v) is 6.29. The zero-order chi connectivity index (χ0) is 17.5. The summed E-state index contributed by atoms with van der Waals surface area (Å²) in [6.45, 7) is 2.16. The van der Waals surface area contributed by atoms with Gasteiger partial charge in [-0.05, 0) is 23.6 Å². The molecule has 3 aromatic carbocycles. The summed E-state index contributed by atoms with van der Waals surface area (Å²) in [5.41, 5.74) is 5.46. The molecule has 0 atom stereocenters. The molecule has 0 spiro atoms. The van der Waals surface area contributed by atoms with E-state index in [-0.39, 0.29) is 5.78 Å². The highest BCUT2D eigenvalue weighted by Gasteiger charge is 2.08. The monoisotopic (exact) mass is 364 g/mol. The molecule has 0 aliphatic carbocycles. The Balaban J connectivity index is 1.51. The summed E-state index contributed by atoms with van der Waals surface area (Å²) >= 11 is 0. The Bertz CT molecular complexity index is 826. The summed E-state index contributed by atoms with van der Waals surface area (Å²) in [6, 6.07) is 25.9. The predicted octanol–water partition coefficient (Wildman–Crippen LogP) is 6.31. The molecule has 126 valence electrons. The highest BCUT2D eigenvalue weighted by Crippen LogP contribution is 2.30. The molecule has 3 heteroatoms. The lowest BCUT2D eigenvalue weighted by atomic mass is 10.0. The lowest BCUT2D eigenvalue weighted by Gasteiger charge is -2.06. The van der Waals surface area contributed by atoms with Gasteiger partial charge in [0.15, 0.2) is 5.78 Å². The molecule has 25 heavy (non-hydrogen) atoms. The van der Waals surface area contributed by atoms with Crippen molar-refractivity contribution in [2.45, 2.75) is 18.4 Å². The van der Waals surface area contributed by atoms with Gasteiger partial charge in [-0.2, -0.15) is 0 Å². The maximum atomic E-state index is 12.4. The molecule has 0 bridgehead atoms. The van der Waals surface area contributed by atoms with E-state index in [1.54, 1.807) is 0 Å². The van der Waals surface area contributed by atoms with Crippen molar-refractivity contribution in [1.82, 2.24) is 0 Å². The fourth-order valence-corrected chi connectivity index (χ4v) is 4.73. The quantitative estimate of drug-likeness (QED) is 0.278. The molecule has 0 unspecified atom stereocenters. The largest absolute Gasteiger partial charge is 0.289 e. The van der Waals surface area contributed by atoms with Crippen LogP contribution in [0.3, 0.4) is 0 Å². The Morgan fingerprint density at radius 1 is 0.720 bits per heavy atom. The van der Waals surface area contributed by atoms with Gasteiger partial charge in [0.05, 0.1) is 0 Å². The van der Waals surface area contributed by atoms with Crippen LogP contribution in [-0.4, -0.2) is 5.78 Å². The lowest BCUT2D eigenvalue weighted by molar-refractivity contribution is 0.103. The van der Waals surface area contributed by atoms with E-state index < -0.39 is 0 Å². The number of carbonyl (C=O) groups excluding carboxylic acids is 1. The molecule has 0 aliphatic heterocycles. The van der Waals surface area contributed by atoms with Crippen LogP contribution in [0.2, 0.25) is 0 Å². The molecule has 0 heterocycles. The predicted molar refractivity (Wildman–Crippen MR) is 110 cm³/mol. The molecule has 1 nitrogen and oxygen atoms in total. The number of hydrogen-bond acceptors (Lipinski definition) is 3. The number of carbonyl (C=O) groups is 1. The Morgan fingerprint density at radius 3 is 2.04 bits per heavy atom. The van der Waals surface area contributed by atoms with Crippen LogP contribution in [-0.2, 0) is 11.5 Å². The number of benzene rings is 3. The second-order valence-electron chi connectivity index (χ2n) is 5.84. The van der Waals surface area contributed by atoms with E-state index >= 15 is 0 Å². The van der Waals surface area contributed by atoms with Crippen molar-refractivity contribution in [1.29, 1.82) is 0 Å². The average Bonchev–Trinajstić information content (AvgIpc) is 2.67. The first-order valence-corrected chi connectivity index (χ1v) is 10.7. The second-order valence-corrected chi connectivity index (χ2v) is 8.31. The third-order valence-electron chi connectivity index (χ3n) is 4.04. The van der Waals surface area contributed by atoms with Gasteiger partial charge in [0.1, 0.15) is 0 Å². The zero-order valence-corrected chi connectivity index (χ0v) is 15.8. The van der Waals surface area contributed by atoms with Crippen molar-refractivity contribution in [2.24, 2.45) is 0 Å². The summed E-state index contributed by atoms with van der Waals surface area (Å²) in [5.74, 6) is 2.03. The van der Waals surface area contributed by atoms with Crippen LogP contribution in [0.1, 0.15) is 32.6 Å². The van der Waals surface area contributed by atoms with Gasteiger partial charge in [0, 0.05) is 22.6 Å². The molecule has 0 aliphatic rings. The summed E-state index contributed by atoms with van der Waals surface area (Å²) < 4.78 is 0. The van der Waals surface area contributed by atoms with Crippen LogP contribution in [0.4, 0.5) is 0 Å². The van der Waals surface area contributed by atoms with Crippen LogP contribution < -0.4 is 0 Å². The van der Waals surface area contributed by atoms with E-state index in [1.165, 1.54) is 16.7 Å². The van der Waals surface area contributed by atoms with Crippen LogP contribution in [0, 0.1) is 6.92 Å². The van der Waals surface area contributed by atoms with E-state index in [0.717, 1.165) is 22.6 Å². The van der Waals surface area contributed by atoms with Gasteiger partial charge < -0.3 is 0 Å². The first-order chi connectivity index (χ1) is 12.2. The number of aryl methyl sites for hydroxylation is 1. The molecule has 0 N–H and O–H groups in total. The number of ketones is 1. The Labute approximate surface area is 157 Å². The van der Waals surface area contributed by atoms with Gasteiger partial charge in [-0.25, -0.2) is 0 Å². The fourth-order valence-electron chi connectivity index (χ4n) is 2.50. The van der Waals surface area contributed by atoms with Crippen molar-refractivity contribution in [3.63, 3.8) is 0 Å². The first kappa shape index (κ1) is 17.8. The molecule has 0 fully saturated rings. The van der Waals surface area contributed by atoms with Gasteiger partial charge >= 0.3 is 0 Å². The Kier molecular flexibility index (Phi) is 6.37. The highest BCUT2D eigenvalue weighted by atomic mass is 33.1. The van der Waals surface area contributed by atoms with Gasteiger partial charge in [-0.1, -0.05) is 100 Å². The second kappa shape index (κ2) is 8.93. The zero-order valence-electron chi connectivity index (χ0n) is 14.1. The highest BCUT2D eigenvalue weighted by molar-refractivity contribution is 8.76. The minimum atomic E-state index is 0.0775. The average molecular weight is 365 g/mol. The smallest absolute Gasteiger partial charge is 0.193 e. The van der Waals surface area contributed by atoms with E-state index in [2.05, 4.69) is 43.3 Å². The SMILES string of the molecule is Cc1ccccc1CSSCc1ccc(C(=O)c2ccccc2)cc1. The lowest BCUT2D eigenvalue weighted by Crippen LogP contribution is -2.00. The van der Waals surface area contributed by atoms with Crippen LogP contribution >= 0.6 is 21.6 Å². The minimum absolute atomic E-state index is 0.0775. The van der Waals surface area contributed by atoms with Gasteiger partial charge in [-0.15, -0.1) is 0 Å². The van der Waals surface area contributed by atoms with Crippen molar-refractivity contribution < 1.29 is 4.79 Å². The summed E-state index contributed by atoms with van der Waals surface area (Å²) in [4.78, 5) is 12.4.